The molecule has 4 aromatic rings. The van der Waals surface area contributed by atoms with Crippen LogP contribution in [0.2, 0.25) is 0 Å². The molecule has 2 aliphatic heterocycles. The highest BCUT2D eigenvalue weighted by Crippen LogP contribution is 2.30. The maximum Gasteiger partial charge on any atom is 0.246 e. The molecule has 0 bridgehead atoms. The van der Waals surface area contributed by atoms with Gasteiger partial charge in [0.05, 0.1) is 12.1 Å². The van der Waals surface area contributed by atoms with E-state index in [4.69, 9.17) is 0 Å². The molecule has 6 atom stereocenters. The molecule has 2 aliphatic rings. The number of hydrogen-bond acceptors (Lipinski definition) is 8. The zero-order valence-corrected chi connectivity index (χ0v) is 49.8. The first-order valence-corrected chi connectivity index (χ1v) is 29.6. The van der Waals surface area contributed by atoms with Gasteiger partial charge in [0.2, 0.25) is 35.4 Å². The summed E-state index contributed by atoms with van der Waals surface area (Å²) in [7, 11) is 3.45. The van der Waals surface area contributed by atoms with E-state index in [1.807, 2.05) is 110 Å². The van der Waals surface area contributed by atoms with Crippen LogP contribution in [0.3, 0.4) is 0 Å². The number of likely N-dealkylation sites (tertiary alicyclic amines) is 2. The van der Waals surface area contributed by atoms with Gasteiger partial charge in [-0.05, 0) is 123 Å². The normalized spacial score (nSPS) is 17.1. The van der Waals surface area contributed by atoms with Gasteiger partial charge in [-0.15, -0.1) is 0 Å². The van der Waals surface area contributed by atoms with Gasteiger partial charge in [0, 0.05) is 64.2 Å². The lowest BCUT2D eigenvalue weighted by Crippen LogP contribution is -2.59. The van der Waals surface area contributed by atoms with Crippen molar-refractivity contribution in [1.29, 1.82) is 0 Å². The second-order valence-electron chi connectivity index (χ2n) is 24.6. The van der Waals surface area contributed by atoms with Gasteiger partial charge < -0.3 is 40.9 Å². The number of carbonyl (C=O) groups is 6. The second kappa shape index (κ2) is 29.9. The van der Waals surface area contributed by atoms with E-state index in [2.05, 4.69) is 81.9 Å². The van der Waals surface area contributed by atoms with E-state index in [-0.39, 0.29) is 47.5 Å². The third-order valence-electron chi connectivity index (χ3n) is 16.2. The third-order valence-corrected chi connectivity index (χ3v) is 16.2. The molecule has 80 heavy (non-hydrogen) atoms. The van der Waals surface area contributed by atoms with Crippen molar-refractivity contribution in [3.05, 3.63) is 120 Å². The summed E-state index contributed by atoms with van der Waals surface area (Å²) in [5.41, 5.74) is 5.35. The summed E-state index contributed by atoms with van der Waals surface area (Å²) in [6.07, 6.45) is 9.05. The molecule has 0 spiro atoms. The van der Waals surface area contributed by atoms with Crippen molar-refractivity contribution in [2.75, 3.05) is 40.3 Å². The van der Waals surface area contributed by atoms with Crippen LogP contribution in [-0.4, -0.2) is 132 Å². The van der Waals surface area contributed by atoms with Crippen LogP contribution < -0.4 is 21.3 Å². The quantitative estimate of drug-likeness (QED) is 0.0429. The van der Waals surface area contributed by atoms with Crippen LogP contribution in [0.4, 0.5) is 0 Å². The highest BCUT2D eigenvalue weighted by Gasteiger charge is 2.42. The Morgan fingerprint density at radius 2 is 0.850 bits per heavy atom. The van der Waals surface area contributed by atoms with E-state index >= 15 is 0 Å². The lowest BCUT2D eigenvalue weighted by molar-refractivity contribution is -0.142. The average Bonchev–Trinajstić information content (AvgIpc) is 4.14. The number of amides is 6. The summed E-state index contributed by atoms with van der Waals surface area (Å²) in [6, 6.07) is 34.4. The molecule has 0 aromatic heterocycles. The summed E-state index contributed by atoms with van der Waals surface area (Å²) in [4.78, 5) is 91.6. The molecule has 6 rings (SSSR count). The smallest absolute Gasteiger partial charge is 0.246 e. The predicted molar refractivity (Wildman–Crippen MR) is 321 cm³/mol. The summed E-state index contributed by atoms with van der Waals surface area (Å²) in [5, 5.41) is 12.0. The minimum Gasteiger partial charge on any atom is -0.342 e. The first kappa shape index (κ1) is 62.8. The molecule has 14 nitrogen and oxygen atoms in total. The highest BCUT2D eigenvalue weighted by atomic mass is 16.2. The summed E-state index contributed by atoms with van der Waals surface area (Å²) >= 11 is 0. The molecule has 2 heterocycles. The number of likely N-dealkylation sites (N-methyl/N-ethyl adjacent to an activating group) is 2. The zero-order chi connectivity index (χ0) is 58.0. The summed E-state index contributed by atoms with van der Waals surface area (Å²) in [6.45, 7) is 18.2. The van der Waals surface area contributed by atoms with Gasteiger partial charge in [0.25, 0.3) is 0 Å². The van der Waals surface area contributed by atoms with E-state index in [9.17, 15) is 28.8 Å². The number of hydrogen-bond donors (Lipinski definition) is 4. The molecule has 6 amide bonds. The minimum absolute atomic E-state index is 0.0579. The molecule has 4 aromatic carbocycles. The number of rotatable bonds is 27. The third kappa shape index (κ3) is 18.1. The second-order valence-corrected chi connectivity index (χ2v) is 24.6. The summed E-state index contributed by atoms with van der Waals surface area (Å²) < 4.78 is 0. The van der Waals surface area contributed by atoms with Gasteiger partial charge in [-0.1, -0.05) is 164 Å². The largest absolute Gasteiger partial charge is 0.342 e. The van der Waals surface area contributed by atoms with Crippen molar-refractivity contribution in [2.45, 2.75) is 182 Å². The number of nitrogens with one attached hydrogen (secondary N) is 4. The Bertz CT molecular complexity index is 2470. The van der Waals surface area contributed by atoms with Gasteiger partial charge in [0.15, 0.2) is 0 Å². The van der Waals surface area contributed by atoms with Crippen molar-refractivity contribution in [1.82, 2.24) is 40.9 Å². The molecule has 0 aliphatic carbocycles. The van der Waals surface area contributed by atoms with Crippen LogP contribution in [0.25, 0.3) is 22.3 Å². The maximum atomic E-state index is 14.4. The predicted octanol–water partition coefficient (Wildman–Crippen LogP) is 9.76. The Morgan fingerprint density at radius 3 is 1.20 bits per heavy atom. The fourth-order valence-corrected chi connectivity index (χ4v) is 11.1. The molecular weight excluding hydrogens is 1000 g/mol. The number of benzene rings is 4. The van der Waals surface area contributed by atoms with Crippen LogP contribution in [0.5, 0.6) is 0 Å². The van der Waals surface area contributed by atoms with Crippen LogP contribution in [0, 0.1) is 10.8 Å². The molecule has 0 unspecified atom stereocenters. The molecule has 0 radical (unpaired) electrons. The number of nitrogens with zero attached hydrogens (tertiary/aromatic N) is 4. The lowest BCUT2D eigenvalue weighted by atomic mass is 9.85. The van der Waals surface area contributed by atoms with E-state index < -0.39 is 35.0 Å². The fourth-order valence-electron chi connectivity index (χ4n) is 11.1. The first-order chi connectivity index (χ1) is 38.2. The fraction of sp³-hybridized carbons (Fsp3) is 0.545. The monoisotopic (exact) mass is 1090 g/mol. The summed E-state index contributed by atoms with van der Waals surface area (Å²) in [5.74, 6) is -0.562. The first-order valence-electron chi connectivity index (χ1n) is 29.6. The van der Waals surface area contributed by atoms with E-state index in [1.54, 1.807) is 27.9 Å². The van der Waals surface area contributed by atoms with Gasteiger partial charge in [0.1, 0.15) is 12.1 Å². The van der Waals surface area contributed by atoms with Crippen molar-refractivity contribution in [3.63, 3.8) is 0 Å². The van der Waals surface area contributed by atoms with Gasteiger partial charge >= 0.3 is 0 Å². The van der Waals surface area contributed by atoms with Crippen LogP contribution in [-0.2, 0) is 41.9 Å². The molecule has 0 saturated carbocycles. The Labute approximate surface area is 478 Å². The number of carbonyl (C=O) groups excluding carboxylic acids is 6. The zero-order valence-electron chi connectivity index (χ0n) is 49.8. The standard InChI is InChI=1S/C66H94N8O6/c1-47(67-9)61(77)69-59(65(3,4)5)63(79)73-39-25-35-55(73)45-71(43-49-27-23-33-53(41-49)51-29-17-15-18-30-51)57(75)37-21-13-11-12-14-22-38-58(76)72(44-50-28-24-34-54(42-50)52-31-19-16-20-32-52)46-56-36-26-40-74(56)64(80)60(66(6,7)8)70-62(78)48(2)68-10/h15-20,23-24,27-34,41-42,47-48,55-56,59-60,67-68H,11-14,21-22,25-26,35-40,43-46H2,1-10H3,(H,69,77)(H,70,78)/t47-,48-,55-,56-,59+,60+/m0/s1. The van der Waals surface area contributed by atoms with Gasteiger partial charge in [-0.2, -0.15) is 0 Å². The van der Waals surface area contributed by atoms with E-state index in [0.717, 1.165) is 97.6 Å². The average molecular weight is 1100 g/mol. The molecule has 14 heteroatoms. The maximum absolute atomic E-state index is 14.4. The highest BCUT2D eigenvalue weighted by molar-refractivity contribution is 5.91. The van der Waals surface area contributed by atoms with Crippen LogP contribution in [0.15, 0.2) is 109 Å². The SMILES string of the molecule is CN[C@@H](C)C(=O)N[C@H](C(=O)N1CCC[C@H]1CN(Cc1cccc(-c2ccccc2)c1)C(=O)CCCCCCCCC(=O)N(Cc1cccc(-c2ccccc2)c1)C[C@@H]1CCCN1C(=O)[C@@H](NC(=O)[C@H](C)NC)C(C)(C)C)C(C)(C)C. The van der Waals surface area contributed by atoms with Crippen LogP contribution >= 0.6 is 0 Å². The number of unbranched alkanes of at least 4 members (excludes halogenated alkanes) is 5. The van der Waals surface area contributed by atoms with E-state index in [0.29, 0.717) is 52.1 Å². The van der Waals surface area contributed by atoms with Crippen molar-refractivity contribution < 1.29 is 28.8 Å². The molecule has 2 saturated heterocycles. The van der Waals surface area contributed by atoms with Crippen LogP contribution in [0.1, 0.15) is 144 Å². The van der Waals surface area contributed by atoms with E-state index in [1.165, 1.54) is 0 Å². The Hall–Kier alpha value is -6.38. The van der Waals surface area contributed by atoms with Gasteiger partial charge in [-0.3, -0.25) is 28.8 Å². The Balaban J connectivity index is 1.08. The molecule has 2 fully saturated rings. The Morgan fingerprint density at radius 1 is 0.500 bits per heavy atom. The topological polar surface area (TPSA) is 163 Å². The van der Waals surface area contributed by atoms with Crippen molar-refractivity contribution >= 4 is 35.4 Å². The van der Waals surface area contributed by atoms with Crippen molar-refractivity contribution in [3.8, 4) is 22.3 Å². The van der Waals surface area contributed by atoms with Crippen molar-refractivity contribution in [2.24, 2.45) is 10.8 Å². The molecule has 434 valence electrons. The molecule has 4 N–H and O–H groups in total. The van der Waals surface area contributed by atoms with Gasteiger partial charge in [-0.25, -0.2) is 0 Å². The minimum atomic E-state index is -0.722. The Kier molecular flexibility index (Phi) is 23.5. The molecular formula is C66H94N8O6. The lowest BCUT2D eigenvalue weighted by Gasteiger charge is -2.37.